The Kier molecular flexibility index (Phi) is 7.28. The second-order valence-electron chi connectivity index (χ2n) is 6.25. The minimum atomic E-state index is -0.341. The summed E-state index contributed by atoms with van der Waals surface area (Å²) in [5.74, 6) is 1.68. The summed E-state index contributed by atoms with van der Waals surface area (Å²) in [6.45, 7) is 4.00. The first-order valence-corrected chi connectivity index (χ1v) is 9.36. The van der Waals surface area contributed by atoms with Crippen molar-refractivity contribution in [3.8, 4) is 11.5 Å². The van der Waals surface area contributed by atoms with Gasteiger partial charge < -0.3 is 35.1 Å². The van der Waals surface area contributed by atoms with Crippen LogP contribution in [0.4, 0.5) is 22.0 Å². The van der Waals surface area contributed by atoms with E-state index < -0.39 is 0 Å². The number of urea groups is 1. The number of carbonyl (C=O) groups is 1. The Morgan fingerprint density at radius 3 is 2.79 bits per heavy atom. The average molecular weight is 402 g/mol. The van der Waals surface area contributed by atoms with Gasteiger partial charge in [-0.3, -0.25) is 0 Å². The molecule has 1 aromatic carbocycles. The maximum absolute atomic E-state index is 12.2. The molecule has 1 aliphatic heterocycles. The van der Waals surface area contributed by atoms with Crippen LogP contribution in [0.5, 0.6) is 11.5 Å². The molecule has 1 aromatic heterocycles. The molecule has 156 valence electrons. The largest absolute Gasteiger partial charge is 0.493 e. The van der Waals surface area contributed by atoms with Gasteiger partial charge in [-0.05, 0) is 12.1 Å². The summed E-state index contributed by atoms with van der Waals surface area (Å²) in [7, 11) is 3.07. The van der Waals surface area contributed by atoms with Crippen LogP contribution in [0.25, 0.3) is 0 Å². The van der Waals surface area contributed by atoms with Crippen LogP contribution in [0.15, 0.2) is 30.5 Å². The molecule has 0 bridgehead atoms. The van der Waals surface area contributed by atoms with Crippen LogP contribution in [0.1, 0.15) is 0 Å². The number of rotatable bonds is 8. The topological polar surface area (TPSA) is 110 Å². The molecule has 1 aliphatic rings. The summed E-state index contributed by atoms with van der Waals surface area (Å²) in [6, 6.07) is 6.88. The first-order valence-electron chi connectivity index (χ1n) is 9.36. The van der Waals surface area contributed by atoms with Gasteiger partial charge in [-0.15, -0.1) is 5.10 Å². The number of carbonyl (C=O) groups excluding carboxylic acids is 1. The van der Waals surface area contributed by atoms with Crippen molar-refractivity contribution >= 4 is 23.2 Å². The van der Waals surface area contributed by atoms with Gasteiger partial charge in [-0.1, -0.05) is 6.07 Å². The van der Waals surface area contributed by atoms with E-state index in [1.165, 1.54) is 7.11 Å². The summed E-state index contributed by atoms with van der Waals surface area (Å²) in [5, 5.41) is 16.8. The van der Waals surface area contributed by atoms with Crippen LogP contribution in [0.2, 0.25) is 0 Å². The van der Waals surface area contributed by atoms with E-state index in [9.17, 15) is 4.79 Å². The van der Waals surface area contributed by atoms with E-state index in [1.54, 1.807) is 31.5 Å². The molecule has 2 aromatic rings. The molecule has 1 saturated heterocycles. The van der Waals surface area contributed by atoms with Crippen LogP contribution >= 0.6 is 0 Å². The van der Waals surface area contributed by atoms with Crippen molar-refractivity contribution in [1.82, 2.24) is 15.5 Å². The third kappa shape index (κ3) is 5.61. The highest BCUT2D eigenvalue weighted by Gasteiger charge is 2.13. The quantitative estimate of drug-likeness (QED) is 0.571. The van der Waals surface area contributed by atoms with Crippen molar-refractivity contribution in [2.24, 2.45) is 0 Å². The van der Waals surface area contributed by atoms with Crippen molar-refractivity contribution < 1.29 is 19.0 Å². The Morgan fingerprint density at radius 1 is 1.21 bits per heavy atom. The molecule has 10 heteroatoms. The summed E-state index contributed by atoms with van der Waals surface area (Å²) in [4.78, 5) is 14.4. The van der Waals surface area contributed by atoms with Crippen LogP contribution in [0.3, 0.4) is 0 Å². The fraction of sp³-hybridized carbons (Fsp3) is 0.421. The lowest BCUT2D eigenvalue weighted by molar-refractivity contribution is 0.122. The molecular formula is C19H26N6O4. The number of benzene rings is 1. The standard InChI is InChI=1S/C19H26N6O4/c1-27-16-5-3-4-15(18(16)28-2)23-19(26)21-7-6-20-17-12-14(13-22-24-17)25-8-10-29-11-9-25/h3-5,12-13H,6-11H2,1-2H3,(H,20,24)(H2,21,23,26). The average Bonchev–Trinajstić information content (AvgIpc) is 2.77. The predicted molar refractivity (Wildman–Crippen MR) is 110 cm³/mol. The molecular weight excluding hydrogens is 376 g/mol. The van der Waals surface area contributed by atoms with E-state index in [-0.39, 0.29) is 6.03 Å². The Bertz CT molecular complexity index is 813. The SMILES string of the molecule is COc1cccc(NC(=O)NCCNc2cc(N3CCOCC3)cnn2)c1OC. The third-order valence-corrected chi connectivity index (χ3v) is 4.38. The minimum Gasteiger partial charge on any atom is -0.493 e. The molecule has 2 heterocycles. The lowest BCUT2D eigenvalue weighted by Crippen LogP contribution is -2.36. The summed E-state index contributed by atoms with van der Waals surface area (Å²) in [5.41, 5.74) is 1.53. The van der Waals surface area contributed by atoms with Crippen LogP contribution in [-0.4, -0.2) is 69.8 Å². The van der Waals surface area contributed by atoms with E-state index >= 15 is 0 Å². The molecule has 10 nitrogen and oxygen atoms in total. The first kappa shape index (κ1) is 20.5. The highest BCUT2D eigenvalue weighted by Crippen LogP contribution is 2.34. The molecule has 3 N–H and O–H groups in total. The van der Waals surface area contributed by atoms with E-state index in [4.69, 9.17) is 14.2 Å². The third-order valence-electron chi connectivity index (χ3n) is 4.38. The maximum Gasteiger partial charge on any atom is 0.319 e. The van der Waals surface area contributed by atoms with Gasteiger partial charge >= 0.3 is 6.03 Å². The zero-order valence-electron chi connectivity index (χ0n) is 16.6. The molecule has 0 saturated carbocycles. The van der Waals surface area contributed by atoms with Crippen molar-refractivity contribution in [2.75, 3.05) is 69.1 Å². The summed E-state index contributed by atoms with van der Waals surface area (Å²) >= 11 is 0. The van der Waals surface area contributed by atoms with Gasteiger partial charge in [0.15, 0.2) is 17.3 Å². The number of aromatic nitrogens is 2. The van der Waals surface area contributed by atoms with Gasteiger partial charge in [0, 0.05) is 32.2 Å². The Hall–Kier alpha value is -3.27. The second kappa shape index (κ2) is 10.3. The Labute approximate surface area is 169 Å². The second-order valence-corrected chi connectivity index (χ2v) is 6.25. The molecule has 0 atom stereocenters. The predicted octanol–water partition coefficient (Wildman–Crippen LogP) is 1.56. The summed E-state index contributed by atoms with van der Waals surface area (Å²) < 4.78 is 15.9. The molecule has 2 amide bonds. The Morgan fingerprint density at radius 2 is 2.03 bits per heavy atom. The van der Waals surface area contributed by atoms with Gasteiger partial charge in [0.25, 0.3) is 0 Å². The van der Waals surface area contributed by atoms with Gasteiger partial charge in [0.05, 0.1) is 45.0 Å². The normalized spacial score (nSPS) is 13.5. The van der Waals surface area contributed by atoms with Gasteiger partial charge in [-0.25, -0.2) is 4.79 Å². The van der Waals surface area contributed by atoms with Gasteiger partial charge in [0.1, 0.15) is 0 Å². The lowest BCUT2D eigenvalue weighted by Gasteiger charge is -2.28. The molecule has 1 fully saturated rings. The van der Waals surface area contributed by atoms with Gasteiger partial charge in [-0.2, -0.15) is 5.10 Å². The number of amides is 2. The number of nitrogens with zero attached hydrogens (tertiary/aromatic N) is 3. The number of nitrogens with one attached hydrogen (secondary N) is 3. The van der Waals surface area contributed by atoms with Crippen molar-refractivity contribution in [3.05, 3.63) is 30.5 Å². The van der Waals surface area contributed by atoms with E-state index in [2.05, 4.69) is 31.0 Å². The fourth-order valence-electron chi connectivity index (χ4n) is 2.96. The smallest absolute Gasteiger partial charge is 0.319 e. The molecule has 0 radical (unpaired) electrons. The molecule has 3 rings (SSSR count). The van der Waals surface area contributed by atoms with Crippen LogP contribution < -0.4 is 30.3 Å². The fourth-order valence-corrected chi connectivity index (χ4v) is 2.96. The van der Waals surface area contributed by atoms with Crippen molar-refractivity contribution in [1.29, 1.82) is 0 Å². The number of para-hydroxylation sites is 1. The molecule has 0 unspecified atom stereocenters. The monoisotopic (exact) mass is 402 g/mol. The lowest BCUT2D eigenvalue weighted by atomic mass is 10.2. The number of methoxy groups -OCH3 is 2. The van der Waals surface area contributed by atoms with Crippen LogP contribution in [-0.2, 0) is 4.74 Å². The zero-order chi connectivity index (χ0) is 20.5. The number of ether oxygens (including phenoxy) is 3. The minimum absolute atomic E-state index is 0.341. The van der Waals surface area contributed by atoms with Crippen LogP contribution in [0, 0.1) is 0 Å². The highest BCUT2D eigenvalue weighted by molar-refractivity contribution is 5.91. The summed E-state index contributed by atoms with van der Waals surface area (Å²) in [6.07, 6.45) is 1.74. The highest BCUT2D eigenvalue weighted by atomic mass is 16.5. The number of hydrogen-bond acceptors (Lipinski definition) is 8. The van der Waals surface area contributed by atoms with Crippen molar-refractivity contribution in [3.63, 3.8) is 0 Å². The van der Waals surface area contributed by atoms with Gasteiger partial charge in [0.2, 0.25) is 0 Å². The number of hydrogen-bond donors (Lipinski definition) is 3. The molecule has 0 spiro atoms. The van der Waals surface area contributed by atoms with E-state index in [0.29, 0.717) is 49.3 Å². The molecule has 0 aliphatic carbocycles. The number of anilines is 3. The molecule has 29 heavy (non-hydrogen) atoms. The number of morpholine rings is 1. The maximum atomic E-state index is 12.2. The van der Waals surface area contributed by atoms with E-state index in [1.807, 2.05) is 6.07 Å². The van der Waals surface area contributed by atoms with E-state index in [0.717, 1.165) is 18.8 Å². The first-order chi connectivity index (χ1) is 14.2. The van der Waals surface area contributed by atoms with Crippen molar-refractivity contribution in [2.45, 2.75) is 0 Å². The Balaban J connectivity index is 1.45. The zero-order valence-corrected chi connectivity index (χ0v) is 16.6.